The summed E-state index contributed by atoms with van der Waals surface area (Å²) < 4.78 is 5.65. The van der Waals surface area contributed by atoms with Gasteiger partial charge in [0.25, 0.3) is 5.91 Å². The van der Waals surface area contributed by atoms with Crippen molar-refractivity contribution in [1.29, 1.82) is 0 Å². The highest BCUT2D eigenvalue weighted by molar-refractivity contribution is 5.95. The number of anilines is 2. The molecule has 2 rings (SSSR count). The van der Waals surface area contributed by atoms with Crippen LogP contribution >= 0.6 is 0 Å². The first-order chi connectivity index (χ1) is 11.5. The Hall–Kier alpha value is -2.82. The minimum Gasteiger partial charge on any atom is -0.482 e. The van der Waals surface area contributed by atoms with Gasteiger partial charge < -0.3 is 15.0 Å². The number of hydrogen-bond donors (Lipinski definition) is 1. The Morgan fingerprint density at radius 2 is 1.67 bits per heavy atom. The van der Waals surface area contributed by atoms with E-state index in [1.807, 2.05) is 44.2 Å². The molecule has 0 aliphatic rings. The fourth-order valence-electron chi connectivity index (χ4n) is 2.41. The predicted molar refractivity (Wildman–Crippen MR) is 95.3 cm³/mol. The van der Waals surface area contributed by atoms with Gasteiger partial charge in [-0.25, -0.2) is 0 Å². The van der Waals surface area contributed by atoms with E-state index in [4.69, 9.17) is 4.74 Å². The molecule has 24 heavy (non-hydrogen) atoms. The van der Waals surface area contributed by atoms with Crippen LogP contribution in [0.4, 0.5) is 11.4 Å². The van der Waals surface area contributed by atoms with Gasteiger partial charge in [0.2, 0.25) is 5.91 Å². The van der Waals surface area contributed by atoms with Gasteiger partial charge in [0.15, 0.2) is 6.61 Å². The van der Waals surface area contributed by atoms with E-state index in [1.165, 1.54) is 6.92 Å². The average molecular weight is 326 g/mol. The SMILES string of the molecule is CC(=O)Nc1ccccc1OCC(=O)N(c1ccccc1)C(C)C. The summed E-state index contributed by atoms with van der Waals surface area (Å²) in [6, 6.07) is 16.5. The molecule has 0 fully saturated rings. The second-order valence-electron chi connectivity index (χ2n) is 5.66. The van der Waals surface area contributed by atoms with Crippen LogP contribution in [-0.2, 0) is 9.59 Å². The lowest BCUT2D eigenvalue weighted by Crippen LogP contribution is -2.40. The van der Waals surface area contributed by atoms with Crippen LogP contribution in [0, 0.1) is 0 Å². The van der Waals surface area contributed by atoms with Gasteiger partial charge in [0.1, 0.15) is 5.75 Å². The normalized spacial score (nSPS) is 10.3. The van der Waals surface area contributed by atoms with E-state index in [0.29, 0.717) is 11.4 Å². The quantitative estimate of drug-likeness (QED) is 0.884. The fraction of sp³-hybridized carbons (Fsp3) is 0.263. The Kier molecular flexibility index (Phi) is 5.95. The van der Waals surface area contributed by atoms with Crippen molar-refractivity contribution < 1.29 is 14.3 Å². The van der Waals surface area contributed by atoms with E-state index in [2.05, 4.69) is 5.32 Å². The van der Waals surface area contributed by atoms with Crippen LogP contribution in [0.3, 0.4) is 0 Å². The van der Waals surface area contributed by atoms with Crippen molar-refractivity contribution in [2.24, 2.45) is 0 Å². The molecule has 0 aliphatic carbocycles. The summed E-state index contributed by atoms with van der Waals surface area (Å²) in [5.74, 6) is 0.136. The first-order valence-corrected chi connectivity index (χ1v) is 7.85. The molecule has 2 amide bonds. The predicted octanol–water partition coefficient (Wildman–Crippen LogP) is 3.47. The maximum absolute atomic E-state index is 12.6. The van der Waals surface area contributed by atoms with Crippen LogP contribution in [0.5, 0.6) is 5.75 Å². The van der Waals surface area contributed by atoms with Gasteiger partial charge in [0, 0.05) is 18.7 Å². The number of rotatable bonds is 6. The topological polar surface area (TPSA) is 58.6 Å². The number of carbonyl (C=O) groups excluding carboxylic acids is 2. The van der Waals surface area contributed by atoms with Gasteiger partial charge in [-0.1, -0.05) is 30.3 Å². The van der Waals surface area contributed by atoms with Crippen molar-refractivity contribution in [3.8, 4) is 5.75 Å². The van der Waals surface area contributed by atoms with Gasteiger partial charge >= 0.3 is 0 Å². The second kappa shape index (κ2) is 8.15. The molecule has 0 spiro atoms. The van der Waals surface area contributed by atoms with Gasteiger partial charge in [0.05, 0.1) is 5.69 Å². The summed E-state index contributed by atoms with van der Waals surface area (Å²) in [6.45, 7) is 5.23. The number of carbonyl (C=O) groups is 2. The lowest BCUT2D eigenvalue weighted by molar-refractivity contribution is -0.120. The summed E-state index contributed by atoms with van der Waals surface area (Å²) in [6.07, 6.45) is 0. The molecule has 2 aromatic carbocycles. The monoisotopic (exact) mass is 326 g/mol. The van der Waals surface area contributed by atoms with E-state index in [1.54, 1.807) is 29.2 Å². The van der Waals surface area contributed by atoms with Crippen LogP contribution in [0.1, 0.15) is 20.8 Å². The van der Waals surface area contributed by atoms with E-state index in [-0.39, 0.29) is 24.5 Å². The summed E-state index contributed by atoms with van der Waals surface area (Å²) >= 11 is 0. The summed E-state index contributed by atoms with van der Waals surface area (Å²) in [5, 5.41) is 2.69. The highest BCUT2D eigenvalue weighted by Crippen LogP contribution is 2.24. The average Bonchev–Trinajstić information content (AvgIpc) is 2.54. The molecule has 0 saturated heterocycles. The van der Waals surface area contributed by atoms with Gasteiger partial charge in [-0.05, 0) is 38.1 Å². The number of benzene rings is 2. The van der Waals surface area contributed by atoms with Crippen LogP contribution in [0.15, 0.2) is 54.6 Å². The molecule has 0 bridgehead atoms. The molecule has 0 saturated carbocycles. The zero-order chi connectivity index (χ0) is 17.5. The molecule has 0 radical (unpaired) electrons. The van der Waals surface area contributed by atoms with Crippen molar-refractivity contribution in [1.82, 2.24) is 0 Å². The zero-order valence-corrected chi connectivity index (χ0v) is 14.2. The lowest BCUT2D eigenvalue weighted by atomic mass is 10.2. The lowest BCUT2D eigenvalue weighted by Gasteiger charge is -2.27. The Morgan fingerprint density at radius 3 is 2.29 bits per heavy atom. The summed E-state index contributed by atoms with van der Waals surface area (Å²) in [7, 11) is 0. The Bertz CT molecular complexity index is 699. The first kappa shape index (κ1) is 17.5. The summed E-state index contributed by atoms with van der Waals surface area (Å²) in [5.41, 5.74) is 1.38. The second-order valence-corrected chi connectivity index (χ2v) is 5.66. The Balaban J connectivity index is 2.10. The van der Waals surface area contributed by atoms with Gasteiger partial charge in [-0.3, -0.25) is 9.59 Å². The van der Waals surface area contributed by atoms with E-state index >= 15 is 0 Å². The molecule has 0 aliphatic heterocycles. The van der Waals surface area contributed by atoms with Crippen LogP contribution in [0.25, 0.3) is 0 Å². The van der Waals surface area contributed by atoms with Crippen LogP contribution in [-0.4, -0.2) is 24.5 Å². The molecular formula is C19H22N2O3. The Morgan fingerprint density at radius 1 is 1.04 bits per heavy atom. The van der Waals surface area contributed by atoms with Crippen molar-refractivity contribution in [3.63, 3.8) is 0 Å². The van der Waals surface area contributed by atoms with E-state index < -0.39 is 0 Å². The van der Waals surface area contributed by atoms with Gasteiger partial charge in [-0.2, -0.15) is 0 Å². The van der Waals surface area contributed by atoms with Crippen LogP contribution in [0.2, 0.25) is 0 Å². The minimum absolute atomic E-state index is 0.00842. The molecule has 0 aromatic heterocycles. The third kappa shape index (κ3) is 4.59. The number of amides is 2. The molecular weight excluding hydrogens is 304 g/mol. The first-order valence-electron chi connectivity index (χ1n) is 7.85. The van der Waals surface area contributed by atoms with E-state index in [0.717, 1.165) is 5.69 Å². The summed E-state index contributed by atoms with van der Waals surface area (Å²) in [4.78, 5) is 25.5. The third-order valence-corrected chi connectivity index (χ3v) is 3.37. The smallest absolute Gasteiger partial charge is 0.265 e. The van der Waals surface area contributed by atoms with Crippen molar-refractivity contribution in [3.05, 3.63) is 54.6 Å². The Labute approximate surface area is 142 Å². The van der Waals surface area contributed by atoms with Crippen molar-refractivity contribution in [2.75, 3.05) is 16.8 Å². The largest absolute Gasteiger partial charge is 0.482 e. The fourth-order valence-corrected chi connectivity index (χ4v) is 2.41. The third-order valence-electron chi connectivity index (χ3n) is 3.37. The molecule has 0 atom stereocenters. The number of para-hydroxylation sites is 3. The number of hydrogen-bond acceptors (Lipinski definition) is 3. The number of nitrogens with zero attached hydrogens (tertiary/aromatic N) is 1. The molecule has 0 unspecified atom stereocenters. The molecule has 0 heterocycles. The zero-order valence-electron chi connectivity index (χ0n) is 14.2. The maximum Gasteiger partial charge on any atom is 0.265 e. The van der Waals surface area contributed by atoms with Crippen LogP contribution < -0.4 is 15.0 Å². The van der Waals surface area contributed by atoms with Crippen molar-refractivity contribution in [2.45, 2.75) is 26.8 Å². The highest BCUT2D eigenvalue weighted by Gasteiger charge is 2.19. The highest BCUT2D eigenvalue weighted by atomic mass is 16.5. The maximum atomic E-state index is 12.6. The molecule has 5 nitrogen and oxygen atoms in total. The van der Waals surface area contributed by atoms with E-state index in [9.17, 15) is 9.59 Å². The van der Waals surface area contributed by atoms with Crippen molar-refractivity contribution >= 4 is 23.2 Å². The molecule has 1 N–H and O–H groups in total. The molecule has 5 heteroatoms. The molecule has 2 aromatic rings. The minimum atomic E-state index is -0.189. The van der Waals surface area contributed by atoms with Gasteiger partial charge in [-0.15, -0.1) is 0 Å². The number of nitrogens with one attached hydrogen (secondary N) is 1. The number of ether oxygens (including phenoxy) is 1. The molecule has 126 valence electrons. The standard InChI is InChI=1S/C19H22N2O3/c1-14(2)21(16-9-5-4-6-10-16)19(23)13-24-18-12-8-7-11-17(18)20-15(3)22/h4-12,14H,13H2,1-3H3,(H,20,22).